The van der Waals surface area contributed by atoms with Crippen LogP contribution in [0.3, 0.4) is 0 Å². The SMILES string of the molecule is CC(C)C(C)(C)c1cc(C(C)(C)C)cc(C[S]2=[Zr]=[S@@](Cc3cc(C(C)(C)C)cc(C(C)(C)C(C)C)c3O)C3CCCCCC[C@@H]32)c1O.[CH2-]c1ccccc1.[CH2-]c1ccccc1. The minimum Gasteiger partial charge on any atom is -0.199 e. The Hall–Kier alpha value is -2.20. The number of phenols is 2. The van der Waals surface area contributed by atoms with Crippen LogP contribution < -0.4 is 0 Å². The van der Waals surface area contributed by atoms with Crippen LogP contribution in [0.1, 0.15) is 180 Å². The second kappa shape index (κ2) is 21.7. The van der Waals surface area contributed by atoms with E-state index in [4.69, 9.17) is 0 Å². The van der Waals surface area contributed by atoms with Gasteiger partial charge >= 0.3 is 304 Å². The van der Waals surface area contributed by atoms with Crippen LogP contribution in [0, 0.1) is 25.7 Å². The molecule has 6 rings (SSSR count). The van der Waals surface area contributed by atoms with Crippen molar-refractivity contribution in [3.05, 3.63) is 143 Å². The van der Waals surface area contributed by atoms with Crippen molar-refractivity contribution >= 4 is 14.2 Å². The Labute approximate surface area is 386 Å². The van der Waals surface area contributed by atoms with Crippen LogP contribution in [-0.2, 0) is 52.3 Å². The van der Waals surface area contributed by atoms with Gasteiger partial charge in [0.05, 0.1) is 0 Å². The number of fused-ring (bicyclic) bond motifs is 1. The Morgan fingerprint density at radius 3 is 1.13 bits per heavy atom. The number of aromatic hydroxyl groups is 2. The maximum atomic E-state index is 12.0. The summed E-state index contributed by atoms with van der Waals surface area (Å²) >= 11 is -0.815. The van der Waals surface area contributed by atoms with E-state index in [0.29, 0.717) is 37.6 Å². The monoisotopic (exact) mass is 940 g/mol. The molecule has 1 heterocycles. The Kier molecular flexibility index (Phi) is 18.3. The van der Waals surface area contributed by atoms with E-state index in [1.807, 2.05) is 60.7 Å². The molecule has 1 fully saturated rings. The summed E-state index contributed by atoms with van der Waals surface area (Å²) in [5.41, 5.74) is 9.46. The molecule has 2 N–H and O–H groups in total. The number of rotatable bonds is 8. The second-order valence-corrected chi connectivity index (χ2v) is 37.2. The van der Waals surface area contributed by atoms with Crippen molar-refractivity contribution in [3.63, 3.8) is 0 Å². The fourth-order valence-electron chi connectivity index (χ4n) is 7.97. The van der Waals surface area contributed by atoms with Crippen LogP contribution in [0.2, 0.25) is 0 Å². The summed E-state index contributed by atoms with van der Waals surface area (Å²) in [5, 5.41) is 25.6. The topological polar surface area (TPSA) is 40.5 Å². The first-order valence-corrected chi connectivity index (χ1v) is 31.9. The largest absolute Gasteiger partial charge is 0.199 e. The fraction of sp³-hybridized carbons (Fsp3) is 0.536. The first-order valence-electron chi connectivity index (χ1n) is 23.0. The van der Waals surface area contributed by atoms with Gasteiger partial charge in [-0.05, 0) is 0 Å². The minimum absolute atomic E-state index is 0.0349. The van der Waals surface area contributed by atoms with E-state index in [0.717, 1.165) is 44.3 Å². The first-order chi connectivity index (χ1) is 28.3. The minimum atomic E-state index is -0.815. The number of benzene rings is 4. The molecule has 4 aromatic rings. The molecule has 2 nitrogen and oxygen atoms in total. The van der Waals surface area contributed by atoms with Crippen LogP contribution in [0.15, 0.2) is 84.9 Å². The fourth-order valence-corrected chi connectivity index (χ4v) is 36.8. The van der Waals surface area contributed by atoms with Crippen molar-refractivity contribution in [2.75, 3.05) is 0 Å². The molecule has 0 radical (unpaired) electrons. The van der Waals surface area contributed by atoms with Gasteiger partial charge in [-0.3, -0.25) is 0 Å². The van der Waals surface area contributed by atoms with Gasteiger partial charge in [0, 0.05) is 0 Å². The molecule has 2 aliphatic rings. The van der Waals surface area contributed by atoms with E-state index in [9.17, 15) is 10.2 Å². The Balaban J connectivity index is 0.000000490. The molecule has 0 amide bonds. The maximum absolute atomic E-state index is 12.0. The van der Waals surface area contributed by atoms with Gasteiger partial charge in [0.1, 0.15) is 0 Å². The van der Waals surface area contributed by atoms with Crippen molar-refractivity contribution in [2.45, 2.75) is 179 Å². The van der Waals surface area contributed by atoms with Gasteiger partial charge in [0.2, 0.25) is 0 Å². The Morgan fingerprint density at radius 2 is 0.869 bits per heavy atom. The van der Waals surface area contributed by atoms with Crippen molar-refractivity contribution in [3.8, 4) is 11.5 Å². The van der Waals surface area contributed by atoms with Gasteiger partial charge in [0.15, 0.2) is 0 Å². The zero-order chi connectivity index (χ0) is 45.5. The molecule has 1 aliphatic heterocycles. The molecule has 0 spiro atoms. The second-order valence-electron chi connectivity index (χ2n) is 21.6. The Morgan fingerprint density at radius 1 is 0.541 bits per heavy atom. The van der Waals surface area contributed by atoms with E-state index in [1.165, 1.54) is 60.8 Å². The van der Waals surface area contributed by atoms with Gasteiger partial charge in [-0.1, -0.05) is 12.1 Å². The standard InChI is InChI=1S/C42H68O2S2.2C7H7.Zr/c1-27(2)41(11,12)33-23-31(39(5,6)7)21-29(37(33)43)25-45-35-19-17-15-16-18-20-36(35)46-26-30-22-32(40(8,9)10)24-34(38(30)44)42(13,14)28(3)4;2*1-7-5-3-2-4-6-7;/h21-24,27-28,35-36,43-44H,15-20,25-26H2,1-14H3;2*2-6H,1H2;/q;2*-1;/t35-,36?;;;/m0.../s1. The first kappa shape index (κ1) is 51.4. The predicted octanol–water partition coefficient (Wildman–Crippen LogP) is 16.6. The molecule has 61 heavy (non-hydrogen) atoms. The van der Waals surface area contributed by atoms with Crippen LogP contribution in [0.5, 0.6) is 11.5 Å². The van der Waals surface area contributed by atoms with Crippen molar-refractivity contribution in [2.24, 2.45) is 11.8 Å². The third-order valence-corrected chi connectivity index (χ3v) is 35.6. The number of hydrogen-bond acceptors (Lipinski definition) is 2. The molecule has 336 valence electrons. The quantitative estimate of drug-likeness (QED) is 0.173. The molecule has 0 aromatic heterocycles. The molecule has 4 atom stereocenters. The van der Waals surface area contributed by atoms with Crippen LogP contribution in [0.4, 0.5) is 0 Å². The molecule has 1 saturated carbocycles. The van der Waals surface area contributed by atoms with E-state index < -0.39 is 19.2 Å². The molecular weight excluding hydrogens is 860 g/mol. The third kappa shape index (κ3) is 13.7. The van der Waals surface area contributed by atoms with Crippen LogP contribution in [-0.4, -0.2) is 20.7 Å². The summed E-state index contributed by atoms with van der Waals surface area (Å²) in [7, 11) is 0.747. The summed E-state index contributed by atoms with van der Waals surface area (Å²) in [6.45, 7) is 39.8. The zero-order valence-electron chi connectivity index (χ0n) is 40.7. The number of hydrogen-bond donors (Lipinski definition) is 2. The molecule has 4 aromatic carbocycles. The van der Waals surface area contributed by atoms with E-state index in [-0.39, 0.29) is 21.7 Å². The third-order valence-electron chi connectivity index (χ3n) is 13.8. The van der Waals surface area contributed by atoms with Crippen LogP contribution in [0.25, 0.3) is 0 Å². The summed E-state index contributed by atoms with van der Waals surface area (Å²) in [4.78, 5) is 0. The van der Waals surface area contributed by atoms with Gasteiger partial charge in [0.25, 0.3) is 0 Å². The van der Waals surface area contributed by atoms with Crippen molar-refractivity contribution in [1.29, 1.82) is 0 Å². The summed E-state index contributed by atoms with van der Waals surface area (Å²) in [5.74, 6) is 4.15. The summed E-state index contributed by atoms with van der Waals surface area (Å²) < 4.78 is 0. The molecule has 0 bridgehead atoms. The average molecular weight is 943 g/mol. The van der Waals surface area contributed by atoms with Gasteiger partial charge in [-0.25, -0.2) is 0 Å². The predicted molar refractivity (Wildman–Crippen MR) is 269 cm³/mol. The molecule has 0 saturated heterocycles. The van der Waals surface area contributed by atoms with E-state index in [2.05, 4.69) is 135 Å². The van der Waals surface area contributed by atoms with Crippen molar-refractivity contribution in [1.82, 2.24) is 0 Å². The van der Waals surface area contributed by atoms with E-state index in [1.54, 1.807) is 0 Å². The smallest absolute Gasteiger partial charge is 0.0866 e. The summed E-state index contributed by atoms with van der Waals surface area (Å²) in [6.07, 6.45) is 8.19. The van der Waals surface area contributed by atoms with E-state index >= 15 is 0 Å². The van der Waals surface area contributed by atoms with Gasteiger partial charge < -0.3 is 0 Å². The van der Waals surface area contributed by atoms with Gasteiger partial charge in [-0.2, -0.15) is 49.2 Å². The van der Waals surface area contributed by atoms with Crippen LogP contribution >= 0.6 is 14.2 Å². The van der Waals surface area contributed by atoms with Crippen molar-refractivity contribution < 1.29 is 29.4 Å². The number of phenolic OH excluding ortho intramolecular Hbond substituents is 2. The average Bonchev–Trinajstić information content (AvgIpc) is 3.46. The Bertz CT molecular complexity index is 1960. The maximum Gasteiger partial charge on any atom is -0.0866 e. The molecular formula is C56H82O2S2Zr-2. The zero-order valence-corrected chi connectivity index (χ0v) is 44.8. The van der Waals surface area contributed by atoms with Gasteiger partial charge in [-0.15, -0.1) is 24.3 Å². The molecule has 1 aliphatic carbocycles. The normalized spacial score (nSPS) is 19.6. The summed E-state index contributed by atoms with van der Waals surface area (Å²) in [6, 6.07) is 29.2. The molecule has 5 heteroatoms. The molecule has 2 unspecified atom stereocenters.